The van der Waals surface area contributed by atoms with E-state index in [4.69, 9.17) is 16.3 Å². The molecule has 112 valence electrons. The summed E-state index contributed by atoms with van der Waals surface area (Å²) >= 11 is 5.89. The molecular weight excluding hydrogens is 278 g/mol. The summed E-state index contributed by atoms with van der Waals surface area (Å²) in [6, 6.07) is 0.263. The van der Waals surface area contributed by atoms with Gasteiger partial charge in [-0.1, -0.05) is 26.7 Å². The molecule has 0 unspecified atom stereocenters. The van der Waals surface area contributed by atoms with Gasteiger partial charge in [-0.2, -0.15) is 4.98 Å². The highest BCUT2D eigenvalue weighted by Gasteiger charge is 2.20. The number of nitrogens with zero attached hydrogens (tertiary/aromatic N) is 2. The molecule has 1 aromatic heterocycles. The molecule has 0 atom stereocenters. The van der Waals surface area contributed by atoms with Crippen molar-refractivity contribution in [2.75, 3.05) is 12.4 Å². The molecule has 1 aromatic rings. The minimum Gasteiger partial charge on any atom is -0.465 e. The molecule has 0 aromatic carbocycles. The van der Waals surface area contributed by atoms with Crippen LogP contribution in [0.25, 0.3) is 0 Å². The van der Waals surface area contributed by atoms with Crippen molar-refractivity contribution in [3.05, 3.63) is 16.5 Å². The average Bonchev–Trinajstić information content (AvgIpc) is 2.38. The van der Waals surface area contributed by atoms with Gasteiger partial charge in [-0.05, 0) is 31.4 Å². The summed E-state index contributed by atoms with van der Waals surface area (Å²) in [6.45, 7) is 5.98. The van der Waals surface area contributed by atoms with Crippen molar-refractivity contribution in [1.82, 2.24) is 9.97 Å². The smallest absolute Gasteiger partial charge is 0.343 e. The van der Waals surface area contributed by atoms with Crippen LogP contribution >= 0.6 is 11.6 Å². The molecule has 0 spiro atoms. The van der Waals surface area contributed by atoms with Gasteiger partial charge in [-0.15, -0.1) is 0 Å². The molecule has 5 nitrogen and oxygen atoms in total. The molecule has 0 saturated heterocycles. The zero-order valence-electron chi connectivity index (χ0n) is 12.5. The Labute approximate surface area is 125 Å². The Kier molecular flexibility index (Phi) is 6.71. The fourth-order valence-electron chi connectivity index (χ4n) is 2.17. The lowest BCUT2D eigenvalue weighted by Gasteiger charge is -2.20. The summed E-state index contributed by atoms with van der Waals surface area (Å²) in [5.74, 6) is 0.00895. The normalized spacial score (nSPS) is 10.7. The predicted octanol–water partition coefficient (Wildman–Crippen LogP) is 3.61. The second-order valence-corrected chi connectivity index (χ2v) is 5.05. The number of halogens is 1. The third-order valence-electron chi connectivity index (χ3n) is 3.07. The molecule has 0 aliphatic heterocycles. The van der Waals surface area contributed by atoms with Crippen molar-refractivity contribution in [3.8, 4) is 0 Å². The van der Waals surface area contributed by atoms with E-state index in [2.05, 4.69) is 29.1 Å². The number of nitrogens with one attached hydrogen (secondary N) is 1. The number of aryl methyl sites for hydroxylation is 1. The van der Waals surface area contributed by atoms with E-state index in [0.29, 0.717) is 17.1 Å². The highest BCUT2D eigenvalue weighted by atomic mass is 35.5. The first kappa shape index (κ1) is 16.7. The highest BCUT2D eigenvalue weighted by molar-refractivity contribution is 6.28. The van der Waals surface area contributed by atoms with E-state index in [0.717, 1.165) is 25.7 Å². The van der Waals surface area contributed by atoms with E-state index in [-0.39, 0.29) is 11.3 Å². The number of rotatable bonds is 7. The van der Waals surface area contributed by atoms with Crippen LogP contribution < -0.4 is 5.32 Å². The van der Waals surface area contributed by atoms with Crippen LogP contribution in [0.5, 0.6) is 0 Å². The molecule has 0 fully saturated rings. The summed E-state index contributed by atoms with van der Waals surface area (Å²) in [5.41, 5.74) is 0.875. The van der Waals surface area contributed by atoms with Crippen molar-refractivity contribution in [1.29, 1.82) is 0 Å². The lowest BCUT2D eigenvalue weighted by molar-refractivity contribution is 0.0600. The molecule has 1 N–H and O–H groups in total. The summed E-state index contributed by atoms with van der Waals surface area (Å²) in [7, 11) is 1.34. The van der Waals surface area contributed by atoms with Crippen LogP contribution in [0, 0.1) is 6.92 Å². The number of carbonyl (C=O) groups is 1. The zero-order chi connectivity index (χ0) is 15.1. The number of methoxy groups -OCH3 is 1. The molecule has 0 radical (unpaired) electrons. The fraction of sp³-hybridized carbons (Fsp3) is 0.643. The molecule has 0 bridgehead atoms. The van der Waals surface area contributed by atoms with E-state index in [1.807, 2.05) is 0 Å². The van der Waals surface area contributed by atoms with Gasteiger partial charge in [-0.25, -0.2) is 9.78 Å². The number of carbonyl (C=O) groups excluding carboxylic acids is 1. The van der Waals surface area contributed by atoms with E-state index >= 15 is 0 Å². The molecule has 1 heterocycles. The third-order valence-corrected chi connectivity index (χ3v) is 3.24. The maximum absolute atomic E-state index is 11.9. The monoisotopic (exact) mass is 299 g/mol. The molecule has 0 amide bonds. The Balaban J connectivity index is 3.10. The van der Waals surface area contributed by atoms with Gasteiger partial charge < -0.3 is 10.1 Å². The van der Waals surface area contributed by atoms with Gasteiger partial charge in [-0.3, -0.25) is 0 Å². The van der Waals surface area contributed by atoms with Crippen molar-refractivity contribution >= 4 is 23.4 Å². The number of esters is 1. The number of hydrogen-bond acceptors (Lipinski definition) is 5. The number of hydrogen-bond donors (Lipinski definition) is 1. The van der Waals surface area contributed by atoms with Crippen LogP contribution in [0.1, 0.15) is 55.6 Å². The SMILES string of the molecule is CCCC(CCC)Nc1nc(Cl)nc(C)c1C(=O)OC. The first-order valence-corrected chi connectivity index (χ1v) is 7.30. The Bertz CT molecular complexity index is 460. The van der Waals surface area contributed by atoms with E-state index in [1.165, 1.54) is 7.11 Å². The standard InChI is InChI=1S/C14H22ClN3O2/c1-5-7-10(8-6-2)17-12-11(13(19)20-4)9(3)16-14(15)18-12/h10H,5-8H2,1-4H3,(H,16,17,18). The van der Waals surface area contributed by atoms with Crippen molar-refractivity contribution < 1.29 is 9.53 Å². The van der Waals surface area contributed by atoms with Crippen LogP contribution in [-0.4, -0.2) is 29.1 Å². The van der Waals surface area contributed by atoms with Gasteiger partial charge >= 0.3 is 5.97 Å². The molecular formula is C14H22ClN3O2. The summed E-state index contributed by atoms with van der Waals surface area (Å²) in [6.07, 6.45) is 4.14. The Hall–Kier alpha value is -1.36. The number of anilines is 1. The van der Waals surface area contributed by atoms with E-state index < -0.39 is 5.97 Å². The van der Waals surface area contributed by atoms with Crippen LogP contribution in [0.15, 0.2) is 0 Å². The lowest BCUT2D eigenvalue weighted by Crippen LogP contribution is -2.23. The molecule has 0 aliphatic rings. The summed E-state index contributed by atoms with van der Waals surface area (Å²) in [5, 5.41) is 3.44. The van der Waals surface area contributed by atoms with Crippen molar-refractivity contribution in [2.45, 2.75) is 52.5 Å². The maximum Gasteiger partial charge on any atom is 0.343 e. The van der Waals surface area contributed by atoms with E-state index in [1.54, 1.807) is 6.92 Å². The largest absolute Gasteiger partial charge is 0.465 e. The third kappa shape index (κ3) is 4.34. The molecule has 1 rings (SSSR count). The van der Waals surface area contributed by atoms with E-state index in [9.17, 15) is 4.79 Å². The zero-order valence-corrected chi connectivity index (χ0v) is 13.3. The first-order valence-electron chi connectivity index (χ1n) is 6.92. The van der Waals surface area contributed by atoms with Gasteiger partial charge in [0.25, 0.3) is 0 Å². The maximum atomic E-state index is 11.9. The molecule has 20 heavy (non-hydrogen) atoms. The quantitative estimate of drug-likeness (QED) is 0.615. The van der Waals surface area contributed by atoms with Gasteiger partial charge in [0.15, 0.2) is 0 Å². The van der Waals surface area contributed by atoms with Crippen molar-refractivity contribution in [2.24, 2.45) is 0 Å². The average molecular weight is 300 g/mol. The fourth-order valence-corrected chi connectivity index (χ4v) is 2.38. The number of ether oxygens (including phenoxy) is 1. The van der Waals surface area contributed by atoms with Crippen LogP contribution in [-0.2, 0) is 4.74 Å². The Morgan fingerprint density at radius 2 is 1.90 bits per heavy atom. The minimum atomic E-state index is -0.451. The highest BCUT2D eigenvalue weighted by Crippen LogP contribution is 2.22. The number of aromatic nitrogens is 2. The molecule has 0 aliphatic carbocycles. The predicted molar refractivity (Wildman–Crippen MR) is 80.3 cm³/mol. The topological polar surface area (TPSA) is 64.1 Å². The van der Waals surface area contributed by atoms with Gasteiger partial charge in [0, 0.05) is 6.04 Å². The van der Waals surface area contributed by atoms with Crippen LogP contribution in [0.3, 0.4) is 0 Å². The molecule has 0 saturated carbocycles. The Morgan fingerprint density at radius 3 is 2.40 bits per heavy atom. The van der Waals surface area contributed by atoms with Gasteiger partial charge in [0.2, 0.25) is 5.28 Å². The van der Waals surface area contributed by atoms with Gasteiger partial charge in [0.05, 0.1) is 12.8 Å². The second kappa shape index (κ2) is 8.04. The van der Waals surface area contributed by atoms with Gasteiger partial charge in [0.1, 0.15) is 11.4 Å². The second-order valence-electron chi connectivity index (χ2n) is 4.71. The molecule has 6 heteroatoms. The summed E-state index contributed by atoms with van der Waals surface area (Å²) in [4.78, 5) is 20.0. The lowest BCUT2D eigenvalue weighted by atomic mass is 10.1. The first-order chi connectivity index (χ1) is 9.53. The summed E-state index contributed by atoms with van der Waals surface area (Å²) < 4.78 is 4.80. The Morgan fingerprint density at radius 1 is 1.30 bits per heavy atom. The van der Waals surface area contributed by atoms with Crippen LogP contribution in [0.4, 0.5) is 5.82 Å². The minimum absolute atomic E-state index is 0.129. The van der Waals surface area contributed by atoms with Crippen molar-refractivity contribution in [3.63, 3.8) is 0 Å². The van der Waals surface area contributed by atoms with Crippen LogP contribution in [0.2, 0.25) is 5.28 Å².